The summed E-state index contributed by atoms with van der Waals surface area (Å²) in [5.41, 5.74) is 7.01. The van der Waals surface area contributed by atoms with Gasteiger partial charge in [-0.05, 0) is 36.5 Å². The Morgan fingerprint density at radius 3 is 2.75 bits per heavy atom. The molecule has 12 heavy (non-hydrogen) atoms. The molecule has 0 saturated heterocycles. The Hall–Kier alpha value is -1.02. The summed E-state index contributed by atoms with van der Waals surface area (Å²) in [7, 11) is 0. The first-order valence-corrected chi connectivity index (χ1v) is 4.32. The average Bonchev–Trinajstić information content (AvgIpc) is 2.85. The zero-order valence-electron chi connectivity index (χ0n) is 6.90. The lowest BCUT2D eigenvalue weighted by Gasteiger charge is -2.10. The van der Waals surface area contributed by atoms with Crippen LogP contribution in [0.4, 0.5) is 0 Å². The Bertz CT molecular complexity index is 281. The predicted octanol–water partition coefficient (Wildman–Crippen LogP) is 1.80. The minimum absolute atomic E-state index is 0.122. The standard InChI is InChI=1S/C10H13NO/c11-10(7-4-5-7)8-2-1-3-9(12)6-8/h1-3,6-7,10,12H,4-5,11H2/t10-/m1/s1. The van der Waals surface area contributed by atoms with Gasteiger partial charge in [0.2, 0.25) is 0 Å². The SMILES string of the molecule is N[C@@H](c1cccc(O)c1)C1CC1. The number of hydrogen-bond donors (Lipinski definition) is 2. The van der Waals surface area contributed by atoms with Crippen molar-refractivity contribution < 1.29 is 5.11 Å². The molecule has 1 aliphatic carbocycles. The summed E-state index contributed by atoms with van der Waals surface area (Å²) in [6, 6.07) is 7.36. The van der Waals surface area contributed by atoms with Crippen LogP contribution in [0.5, 0.6) is 5.75 Å². The maximum absolute atomic E-state index is 9.21. The van der Waals surface area contributed by atoms with E-state index in [2.05, 4.69) is 0 Å². The molecular formula is C10H13NO. The van der Waals surface area contributed by atoms with Gasteiger partial charge in [0, 0.05) is 6.04 Å². The van der Waals surface area contributed by atoms with Crippen molar-refractivity contribution in [2.45, 2.75) is 18.9 Å². The summed E-state index contributed by atoms with van der Waals surface area (Å²) in [6.45, 7) is 0. The molecule has 64 valence electrons. The van der Waals surface area contributed by atoms with Crippen molar-refractivity contribution in [3.8, 4) is 5.75 Å². The van der Waals surface area contributed by atoms with Gasteiger partial charge in [0.05, 0.1) is 0 Å². The fourth-order valence-corrected chi connectivity index (χ4v) is 1.46. The molecule has 1 atom stereocenters. The first-order valence-electron chi connectivity index (χ1n) is 4.32. The molecule has 1 aliphatic rings. The van der Waals surface area contributed by atoms with E-state index in [0.29, 0.717) is 11.7 Å². The van der Waals surface area contributed by atoms with E-state index in [4.69, 9.17) is 5.73 Å². The van der Waals surface area contributed by atoms with E-state index in [-0.39, 0.29) is 6.04 Å². The molecule has 2 heteroatoms. The van der Waals surface area contributed by atoms with Crippen LogP contribution in [0.15, 0.2) is 24.3 Å². The van der Waals surface area contributed by atoms with Crippen molar-refractivity contribution in [3.63, 3.8) is 0 Å². The molecule has 0 heterocycles. The second-order valence-corrected chi connectivity index (χ2v) is 3.46. The van der Waals surface area contributed by atoms with Crippen molar-refractivity contribution in [2.75, 3.05) is 0 Å². The highest BCUT2D eigenvalue weighted by Crippen LogP contribution is 2.39. The minimum Gasteiger partial charge on any atom is -0.508 e. The van der Waals surface area contributed by atoms with Gasteiger partial charge in [0.25, 0.3) is 0 Å². The Morgan fingerprint density at radius 2 is 2.17 bits per heavy atom. The normalized spacial score (nSPS) is 19.1. The predicted molar refractivity (Wildman–Crippen MR) is 47.8 cm³/mol. The lowest BCUT2D eigenvalue weighted by Crippen LogP contribution is -2.11. The van der Waals surface area contributed by atoms with Crippen LogP contribution in [-0.2, 0) is 0 Å². The van der Waals surface area contributed by atoms with Gasteiger partial charge in [-0.15, -0.1) is 0 Å². The minimum atomic E-state index is 0.122. The fourth-order valence-electron chi connectivity index (χ4n) is 1.46. The zero-order valence-corrected chi connectivity index (χ0v) is 6.90. The highest BCUT2D eigenvalue weighted by atomic mass is 16.3. The molecule has 1 aromatic rings. The topological polar surface area (TPSA) is 46.2 Å². The molecule has 1 fully saturated rings. The molecule has 0 unspecified atom stereocenters. The average molecular weight is 163 g/mol. The maximum atomic E-state index is 9.21. The van der Waals surface area contributed by atoms with Crippen LogP contribution in [-0.4, -0.2) is 5.11 Å². The monoisotopic (exact) mass is 163 g/mol. The van der Waals surface area contributed by atoms with Crippen LogP contribution >= 0.6 is 0 Å². The van der Waals surface area contributed by atoms with Crippen molar-refractivity contribution in [1.29, 1.82) is 0 Å². The summed E-state index contributed by atoms with van der Waals surface area (Å²) in [5.74, 6) is 0.954. The molecule has 1 aromatic carbocycles. The van der Waals surface area contributed by atoms with Gasteiger partial charge < -0.3 is 10.8 Å². The van der Waals surface area contributed by atoms with E-state index in [1.165, 1.54) is 12.8 Å². The number of benzene rings is 1. The second-order valence-electron chi connectivity index (χ2n) is 3.46. The van der Waals surface area contributed by atoms with Gasteiger partial charge in [-0.2, -0.15) is 0 Å². The first kappa shape index (κ1) is 7.62. The number of rotatable bonds is 2. The Morgan fingerprint density at radius 1 is 1.42 bits per heavy atom. The van der Waals surface area contributed by atoms with Crippen LogP contribution < -0.4 is 5.73 Å². The van der Waals surface area contributed by atoms with E-state index < -0.39 is 0 Å². The van der Waals surface area contributed by atoms with E-state index in [9.17, 15) is 5.11 Å². The Kier molecular flexibility index (Phi) is 1.77. The molecule has 2 nitrogen and oxygen atoms in total. The molecule has 0 radical (unpaired) electrons. The quantitative estimate of drug-likeness (QED) is 0.698. The van der Waals surface area contributed by atoms with E-state index in [1.807, 2.05) is 12.1 Å². The highest BCUT2D eigenvalue weighted by Gasteiger charge is 2.29. The van der Waals surface area contributed by atoms with Gasteiger partial charge in [-0.3, -0.25) is 0 Å². The van der Waals surface area contributed by atoms with Gasteiger partial charge in [0.1, 0.15) is 5.75 Å². The molecule has 0 aromatic heterocycles. The third kappa shape index (κ3) is 1.43. The second kappa shape index (κ2) is 2.79. The van der Waals surface area contributed by atoms with Gasteiger partial charge in [-0.1, -0.05) is 12.1 Å². The van der Waals surface area contributed by atoms with Crippen molar-refractivity contribution in [1.82, 2.24) is 0 Å². The molecule has 3 N–H and O–H groups in total. The maximum Gasteiger partial charge on any atom is 0.115 e. The number of aromatic hydroxyl groups is 1. The molecule has 0 amide bonds. The van der Waals surface area contributed by atoms with E-state index >= 15 is 0 Å². The Balaban J connectivity index is 2.20. The summed E-state index contributed by atoms with van der Waals surface area (Å²) in [4.78, 5) is 0. The number of phenolic OH excluding ortho intramolecular Hbond substituents is 1. The van der Waals surface area contributed by atoms with Crippen molar-refractivity contribution in [3.05, 3.63) is 29.8 Å². The van der Waals surface area contributed by atoms with Crippen LogP contribution in [0, 0.1) is 5.92 Å². The van der Waals surface area contributed by atoms with Gasteiger partial charge in [0.15, 0.2) is 0 Å². The number of nitrogens with two attached hydrogens (primary N) is 1. The summed E-state index contributed by atoms with van der Waals surface area (Å²) in [5, 5.41) is 9.21. The molecular weight excluding hydrogens is 150 g/mol. The zero-order chi connectivity index (χ0) is 8.55. The molecule has 0 spiro atoms. The fraction of sp³-hybridized carbons (Fsp3) is 0.400. The smallest absolute Gasteiger partial charge is 0.115 e. The lowest BCUT2D eigenvalue weighted by atomic mass is 10.0. The van der Waals surface area contributed by atoms with Crippen LogP contribution in [0.2, 0.25) is 0 Å². The van der Waals surface area contributed by atoms with Crippen LogP contribution in [0.3, 0.4) is 0 Å². The van der Waals surface area contributed by atoms with Crippen molar-refractivity contribution in [2.24, 2.45) is 11.7 Å². The summed E-state index contributed by atoms with van der Waals surface area (Å²) in [6.07, 6.45) is 2.47. The Labute approximate surface area is 72.0 Å². The summed E-state index contributed by atoms with van der Waals surface area (Å²) < 4.78 is 0. The summed E-state index contributed by atoms with van der Waals surface area (Å²) >= 11 is 0. The van der Waals surface area contributed by atoms with E-state index in [1.54, 1.807) is 12.1 Å². The lowest BCUT2D eigenvalue weighted by molar-refractivity contribution is 0.473. The number of hydrogen-bond acceptors (Lipinski definition) is 2. The van der Waals surface area contributed by atoms with Crippen LogP contribution in [0.1, 0.15) is 24.4 Å². The first-order chi connectivity index (χ1) is 5.77. The van der Waals surface area contributed by atoms with Crippen molar-refractivity contribution >= 4 is 0 Å². The molecule has 0 aliphatic heterocycles. The third-order valence-electron chi connectivity index (χ3n) is 2.38. The third-order valence-corrected chi connectivity index (χ3v) is 2.38. The highest BCUT2D eigenvalue weighted by molar-refractivity contribution is 5.30. The molecule has 0 bridgehead atoms. The van der Waals surface area contributed by atoms with Gasteiger partial charge >= 0.3 is 0 Å². The number of phenols is 1. The van der Waals surface area contributed by atoms with Gasteiger partial charge in [-0.25, -0.2) is 0 Å². The van der Waals surface area contributed by atoms with Crippen LogP contribution in [0.25, 0.3) is 0 Å². The molecule has 1 saturated carbocycles. The molecule has 2 rings (SSSR count). The largest absolute Gasteiger partial charge is 0.508 e. The van der Waals surface area contributed by atoms with E-state index in [0.717, 1.165) is 5.56 Å².